The first-order valence-electron chi connectivity index (χ1n) is 12.0. The van der Waals surface area contributed by atoms with Crippen molar-refractivity contribution < 1.29 is 14.3 Å². The highest BCUT2D eigenvalue weighted by molar-refractivity contribution is 6.30. The first-order chi connectivity index (χ1) is 17.0. The molecule has 184 valence electrons. The number of pyridine rings is 1. The molecule has 2 N–H and O–H groups in total. The molecule has 9 heteroatoms. The number of fused-ring (bicyclic) bond motifs is 2. The smallest absolute Gasteiger partial charge is 0.322 e. The van der Waals surface area contributed by atoms with E-state index in [-0.39, 0.29) is 24.2 Å². The van der Waals surface area contributed by atoms with Crippen LogP contribution in [0.3, 0.4) is 0 Å². The maximum absolute atomic E-state index is 13.4. The van der Waals surface area contributed by atoms with E-state index in [4.69, 9.17) is 21.1 Å². The van der Waals surface area contributed by atoms with Crippen LogP contribution in [-0.2, 0) is 6.54 Å². The van der Waals surface area contributed by atoms with Gasteiger partial charge in [-0.3, -0.25) is 9.69 Å². The van der Waals surface area contributed by atoms with E-state index < -0.39 is 0 Å². The van der Waals surface area contributed by atoms with Gasteiger partial charge >= 0.3 is 6.03 Å². The Balaban J connectivity index is 1.44. The van der Waals surface area contributed by atoms with Crippen molar-refractivity contribution in [2.45, 2.75) is 32.4 Å². The van der Waals surface area contributed by atoms with Crippen molar-refractivity contribution in [1.82, 2.24) is 14.8 Å². The number of urea groups is 1. The van der Waals surface area contributed by atoms with E-state index in [2.05, 4.69) is 22.1 Å². The topological polar surface area (TPSA) is 86.9 Å². The average molecular weight is 497 g/mol. The molecule has 2 amide bonds. The summed E-state index contributed by atoms with van der Waals surface area (Å²) < 4.78 is 11.3. The van der Waals surface area contributed by atoms with Gasteiger partial charge in [-0.2, -0.15) is 0 Å². The molecule has 3 heterocycles. The van der Waals surface area contributed by atoms with Gasteiger partial charge in [0.15, 0.2) is 11.5 Å². The van der Waals surface area contributed by atoms with Gasteiger partial charge in [0, 0.05) is 40.3 Å². The Bertz CT molecular complexity index is 1290. The number of carbonyl (C=O) groups is 1. The second-order valence-electron chi connectivity index (χ2n) is 8.95. The molecule has 0 unspecified atom stereocenters. The van der Waals surface area contributed by atoms with Gasteiger partial charge in [0.25, 0.3) is 5.56 Å². The number of ether oxygens (including phenoxy) is 2. The quantitative estimate of drug-likeness (QED) is 0.525. The Morgan fingerprint density at radius 1 is 1.20 bits per heavy atom. The third-order valence-electron chi connectivity index (χ3n) is 6.64. The summed E-state index contributed by atoms with van der Waals surface area (Å²) in [5, 5.41) is 4.32. The van der Waals surface area contributed by atoms with Gasteiger partial charge in [-0.15, -0.1) is 0 Å². The second kappa shape index (κ2) is 10.2. The van der Waals surface area contributed by atoms with E-state index in [0.717, 1.165) is 31.3 Å². The summed E-state index contributed by atoms with van der Waals surface area (Å²) in [6, 6.07) is 12.5. The Kier molecular flexibility index (Phi) is 6.83. The van der Waals surface area contributed by atoms with E-state index in [1.165, 1.54) is 0 Å². The zero-order chi connectivity index (χ0) is 24.4. The molecular formula is C26H29ClN4O4. The molecule has 0 bridgehead atoms. The summed E-state index contributed by atoms with van der Waals surface area (Å²) in [6.45, 7) is 5.76. The van der Waals surface area contributed by atoms with E-state index in [9.17, 15) is 9.59 Å². The average Bonchev–Trinajstić information content (AvgIpc) is 3.30. The fourth-order valence-corrected chi connectivity index (χ4v) is 5.06. The van der Waals surface area contributed by atoms with Crippen LogP contribution in [-0.4, -0.2) is 59.7 Å². The zero-order valence-corrected chi connectivity index (χ0v) is 20.4. The molecule has 1 fully saturated rings. The van der Waals surface area contributed by atoms with E-state index >= 15 is 0 Å². The number of likely N-dealkylation sites (N-methyl/N-ethyl adjacent to an activating group) is 1. The number of anilines is 1. The number of benzene rings is 2. The molecule has 2 aliphatic heterocycles. The van der Waals surface area contributed by atoms with Crippen LogP contribution in [0.5, 0.6) is 11.5 Å². The van der Waals surface area contributed by atoms with Gasteiger partial charge in [0.05, 0.1) is 12.1 Å². The number of hydrogen-bond donors (Lipinski definition) is 2. The molecule has 0 spiro atoms. The summed E-state index contributed by atoms with van der Waals surface area (Å²) in [7, 11) is 0. The Morgan fingerprint density at radius 3 is 2.77 bits per heavy atom. The number of amides is 2. The van der Waals surface area contributed by atoms with Gasteiger partial charge in [-0.05, 0) is 56.3 Å². The number of rotatable bonds is 6. The molecule has 2 aliphatic rings. The van der Waals surface area contributed by atoms with Crippen LogP contribution in [0.15, 0.2) is 47.3 Å². The van der Waals surface area contributed by atoms with Gasteiger partial charge < -0.3 is 24.7 Å². The molecule has 1 saturated heterocycles. The molecule has 5 rings (SSSR count). The van der Waals surface area contributed by atoms with Gasteiger partial charge in [0.2, 0.25) is 0 Å². The largest absolute Gasteiger partial charge is 0.486 e. The summed E-state index contributed by atoms with van der Waals surface area (Å²) in [5.74, 6) is 1.28. The van der Waals surface area contributed by atoms with Crippen LogP contribution < -0.4 is 20.3 Å². The van der Waals surface area contributed by atoms with Crippen molar-refractivity contribution in [3.8, 4) is 11.5 Å². The number of carbonyl (C=O) groups excluding carboxylic acids is 1. The molecule has 1 atom stereocenters. The molecule has 0 aliphatic carbocycles. The highest BCUT2D eigenvalue weighted by atomic mass is 35.5. The lowest BCUT2D eigenvalue weighted by Crippen LogP contribution is -2.45. The molecule has 2 aromatic carbocycles. The number of hydrogen-bond acceptors (Lipinski definition) is 5. The first-order valence-corrected chi connectivity index (χ1v) is 12.4. The normalized spacial score (nSPS) is 17.5. The first kappa shape index (κ1) is 23.5. The van der Waals surface area contributed by atoms with Gasteiger partial charge in [-0.25, -0.2) is 4.79 Å². The predicted molar refractivity (Wildman–Crippen MR) is 137 cm³/mol. The van der Waals surface area contributed by atoms with E-state index in [1.807, 2.05) is 12.1 Å². The van der Waals surface area contributed by atoms with E-state index in [1.54, 1.807) is 35.2 Å². The number of aromatic amines is 1. The van der Waals surface area contributed by atoms with E-state index in [0.29, 0.717) is 53.0 Å². The fraction of sp³-hybridized carbons (Fsp3) is 0.385. The summed E-state index contributed by atoms with van der Waals surface area (Å²) >= 11 is 6.10. The Morgan fingerprint density at radius 2 is 2.00 bits per heavy atom. The van der Waals surface area contributed by atoms with Gasteiger partial charge in [-0.1, -0.05) is 24.6 Å². The monoisotopic (exact) mass is 496 g/mol. The molecule has 3 aromatic rings. The highest BCUT2D eigenvalue weighted by Gasteiger charge is 2.28. The van der Waals surface area contributed by atoms with Crippen LogP contribution in [0.4, 0.5) is 10.5 Å². The number of aromatic nitrogens is 1. The highest BCUT2D eigenvalue weighted by Crippen LogP contribution is 2.33. The van der Waals surface area contributed by atoms with Crippen molar-refractivity contribution in [2.75, 3.05) is 38.2 Å². The Hall–Kier alpha value is -3.23. The lowest BCUT2D eigenvalue weighted by Gasteiger charge is -2.30. The molecule has 1 aromatic heterocycles. The number of nitrogens with one attached hydrogen (secondary N) is 2. The number of likely N-dealkylation sites (tertiary alicyclic amines) is 1. The maximum Gasteiger partial charge on any atom is 0.322 e. The van der Waals surface area contributed by atoms with Crippen molar-refractivity contribution >= 4 is 34.2 Å². The SMILES string of the molecule is CCN1CCC[C@@H]1CN(Cc1cc2cc3c(cc2[nH]c1=O)OCCO3)C(=O)Nc1cccc(Cl)c1. The summed E-state index contributed by atoms with van der Waals surface area (Å²) in [6.07, 6.45) is 2.12. The third kappa shape index (κ3) is 5.23. The zero-order valence-electron chi connectivity index (χ0n) is 19.7. The minimum atomic E-state index is -0.267. The van der Waals surface area contributed by atoms with Crippen LogP contribution in [0.1, 0.15) is 25.3 Å². The number of nitrogens with zero attached hydrogens (tertiary/aromatic N) is 2. The van der Waals surface area contributed by atoms with Crippen LogP contribution in [0.25, 0.3) is 10.9 Å². The standard InChI is InChI=1S/C26H29ClN4O4/c1-2-30-8-4-7-21(30)16-31(26(33)28-20-6-3-5-19(27)13-20)15-18-11-17-12-23-24(35-10-9-34-23)14-22(17)29-25(18)32/h3,5-6,11-14,21H,2,4,7-10,15-16H2,1H3,(H,28,33)(H,29,32)/t21-/m1/s1. The van der Waals surface area contributed by atoms with Crippen molar-refractivity contribution in [3.63, 3.8) is 0 Å². The lowest BCUT2D eigenvalue weighted by molar-refractivity contribution is 0.172. The van der Waals surface area contributed by atoms with Crippen molar-refractivity contribution in [3.05, 3.63) is 63.4 Å². The lowest BCUT2D eigenvalue weighted by atomic mass is 10.1. The molecule has 0 saturated carbocycles. The maximum atomic E-state index is 13.4. The Labute approximate surface area is 208 Å². The fourth-order valence-electron chi connectivity index (χ4n) is 4.87. The molecule has 0 radical (unpaired) electrons. The second-order valence-corrected chi connectivity index (χ2v) is 9.39. The molecule has 8 nitrogen and oxygen atoms in total. The molecule has 35 heavy (non-hydrogen) atoms. The van der Waals surface area contributed by atoms with Crippen LogP contribution in [0.2, 0.25) is 5.02 Å². The van der Waals surface area contributed by atoms with Gasteiger partial charge in [0.1, 0.15) is 13.2 Å². The van der Waals surface area contributed by atoms with Crippen LogP contribution in [0, 0.1) is 0 Å². The summed E-state index contributed by atoms with van der Waals surface area (Å²) in [4.78, 5) is 33.4. The minimum absolute atomic E-state index is 0.181. The summed E-state index contributed by atoms with van der Waals surface area (Å²) in [5.41, 5.74) is 1.57. The number of H-pyrrole nitrogens is 1. The van der Waals surface area contributed by atoms with Crippen LogP contribution >= 0.6 is 11.6 Å². The minimum Gasteiger partial charge on any atom is -0.486 e. The van der Waals surface area contributed by atoms with Crippen molar-refractivity contribution in [2.24, 2.45) is 0 Å². The third-order valence-corrected chi connectivity index (χ3v) is 6.88. The van der Waals surface area contributed by atoms with Crippen molar-refractivity contribution in [1.29, 1.82) is 0 Å². The predicted octanol–water partition coefficient (Wildman–Crippen LogP) is 4.47. The number of halogens is 1. The molecular weight excluding hydrogens is 468 g/mol.